The van der Waals surface area contributed by atoms with Crippen LogP contribution in [0.4, 0.5) is 11.8 Å². The van der Waals surface area contributed by atoms with Crippen molar-refractivity contribution in [2.45, 2.75) is 32.3 Å². The molecule has 2 saturated heterocycles. The predicted octanol–water partition coefficient (Wildman–Crippen LogP) is 0.973. The highest BCUT2D eigenvalue weighted by Crippen LogP contribution is 2.21. The van der Waals surface area contributed by atoms with E-state index in [9.17, 15) is 5.11 Å². The molecule has 0 bridgehead atoms. The first-order chi connectivity index (χ1) is 10.2. The van der Waals surface area contributed by atoms with E-state index in [-0.39, 0.29) is 6.10 Å². The number of hydrogen-bond acceptors (Lipinski definition) is 6. The van der Waals surface area contributed by atoms with Crippen molar-refractivity contribution in [2.24, 2.45) is 0 Å². The topological polar surface area (TPSA) is 61.7 Å². The number of anilines is 2. The van der Waals surface area contributed by atoms with E-state index in [2.05, 4.69) is 14.8 Å². The highest BCUT2D eigenvalue weighted by atomic mass is 16.5. The molecule has 6 heteroatoms. The fourth-order valence-corrected chi connectivity index (χ4v) is 2.91. The SMILES string of the molecule is Cc1cc(N2CCC[C@@H](O)CC2)nc(N2CCOCC2)n1. The summed E-state index contributed by atoms with van der Waals surface area (Å²) in [5.41, 5.74) is 0.992. The third kappa shape index (κ3) is 3.63. The summed E-state index contributed by atoms with van der Waals surface area (Å²) in [7, 11) is 0. The Morgan fingerprint density at radius 3 is 2.71 bits per heavy atom. The normalized spacial score (nSPS) is 24.0. The maximum atomic E-state index is 9.79. The number of aliphatic hydroxyl groups excluding tert-OH is 1. The second-order valence-corrected chi connectivity index (χ2v) is 5.84. The van der Waals surface area contributed by atoms with Gasteiger partial charge in [0.25, 0.3) is 0 Å². The molecule has 0 saturated carbocycles. The van der Waals surface area contributed by atoms with Gasteiger partial charge < -0.3 is 19.6 Å². The molecule has 1 aromatic heterocycles. The van der Waals surface area contributed by atoms with Crippen LogP contribution in [0, 0.1) is 6.92 Å². The largest absolute Gasteiger partial charge is 0.393 e. The lowest BCUT2D eigenvalue weighted by Gasteiger charge is -2.29. The first-order valence-electron chi connectivity index (χ1n) is 7.84. The fourth-order valence-electron chi connectivity index (χ4n) is 2.91. The molecule has 2 aliphatic heterocycles. The first kappa shape index (κ1) is 14.5. The van der Waals surface area contributed by atoms with Gasteiger partial charge in [-0.05, 0) is 26.2 Å². The zero-order valence-electron chi connectivity index (χ0n) is 12.7. The van der Waals surface area contributed by atoms with Crippen molar-refractivity contribution in [1.82, 2.24) is 9.97 Å². The summed E-state index contributed by atoms with van der Waals surface area (Å²) in [6.07, 6.45) is 2.54. The molecule has 116 valence electrons. The van der Waals surface area contributed by atoms with Crippen LogP contribution in [-0.4, -0.2) is 60.6 Å². The molecule has 1 atom stereocenters. The van der Waals surface area contributed by atoms with Gasteiger partial charge in [-0.25, -0.2) is 4.98 Å². The van der Waals surface area contributed by atoms with Crippen LogP contribution >= 0.6 is 0 Å². The van der Waals surface area contributed by atoms with Crippen molar-refractivity contribution in [3.63, 3.8) is 0 Å². The van der Waals surface area contributed by atoms with E-state index >= 15 is 0 Å². The minimum absolute atomic E-state index is 0.170. The summed E-state index contributed by atoms with van der Waals surface area (Å²) in [5.74, 6) is 1.79. The van der Waals surface area contributed by atoms with E-state index < -0.39 is 0 Å². The number of ether oxygens (including phenoxy) is 1. The fraction of sp³-hybridized carbons (Fsp3) is 0.733. The second-order valence-electron chi connectivity index (χ2n) is 5.84. The Hall–Kier alpha value is -1.40. The molecule has 1 aromatic rings. The summed E-state index contributed by atoms with van der Waals surface area (Å²) in [5, 5.41) is 9.79. The van der Waals surface area contributed by atoms with Gasteiger partial charge in [-0.15, -0.1) is 0 Å². The lowest BCUT2D eigenvalue weighted by atomic mass is 10.2. The van der Waals surface area contributed by atoms with Crippen LogP contribution in [0.3, 0.4) is 0 Å². The Bertz CT molecular complexity index is 477. The minimum atomic E-state index is -0.170. The van der Waals surface area contributed by atoms with Gasteiger partial charge in [0.15, 0.2) is 0 Å². The molecule has 21 heavy (non-hydrogen) atoms. The van der Waals surface area contributed by atoms with Crippen molar-refractivity contribution < 1.29 is 9.84 Å². The zero-order chi connectivity index (χ0) is 14.7. The molecule has 1 N–H and O–H groups in total. The van der Waals surface area contributed by atoms with E-state index in [0.717, 1.165) is 76.1 Å². The number of morpholine rings is 1. The zero-order valence-corrected chi connectivity index (χ0v) is 12.7. The monoisotopic (exact) mass is 292 g/mol. The molecule has 2 fully saturated rings. The van der Waals surface area contributed by atoms with E-state index in [1.165, 1.54) is 0 Å². The van der Waals surface area contributed by atoms with Crippen LogP contribution in [0.5, 0.6) is 0 Å². The minimum Gasteiger partial charge on any atom is -0.393 e. The van der Waals surface area contributed by atoms with E-state index in [0.29, 0.717) is 0 Å². The molecule has 0 spiro atoms. The maximum absolute atomic E-state index is 9.79. The summed E-state index contributed by atoms with van der Waals surface area (Å²) >= 11 is 0. The molecular formula is C15H24N4O2. The molecule has 0 radical (unpaired) electrons. The van der Waals surface area contributed by atoms with E-state index in [1.54, 1.807) is 0 Å². The number of rotatable bonds is 2. The number of hydrogen-bond donors (Lipinski definition) is 1. The Morgan fingerprint density at radius 2 is 1.90 bits per heavy atom. The predicted molar refractivity (Wildman–Crippen MR) is 81.9 cm³/mol. The van der Waals surface area contributed by atoms with Crippen molar-refractivity contribution >= 4 is 11.8 Å². The van der Waals surface area contributed by atoms with Crippen molar-refractivity contribution in [1.29, 1.82) is 0 Å². The van der Waals surface area contributed by atoms with Crippen molar-refractivity contribution in [3.8, 4) is 0 Å². The molecular weight excluding hydrogens is 268 g/mol. The highest BCUT2D eigenvalue weighted by molar-refractivity contribution is 5.46. The Kier molecular flexibility index (Phi) is 4.55. The number of aliphatic hydroxyl groups is 1. The maximum Gasteiger partial charge on any atom is 0.227 e. The van der Waals surface area contributed by atoms with Crippen LogP contribution in [-0.2, 0) is 4.74 Å². The Balaban J connectivity index is 1.79. The summed E-state index contributed by atoms with van der Waals surface area (Å²) in [6.45, 7) is 7.01. The third-order valence-corrected chi connectivity index (χ3v) is 4.14. The van der Waals surface area contributed by atoms with Crippen LogP contribution in [0.25, 0.3) is 0 Å². The molecule has 0 aliphatic carbocycles. The second kappa shape index (κ2) is 6.58. The molecule has 0 amide bonds. The third-order valence-electron chi connectivity index (χ3n) is 4.14. The van der Waals surface area contributed by atoms with Crippen LogP contribution in [0.2, 0.25) is 0 Å². The highest BCUT2D eigenvalue weighted by Gasteiger charge is 2.19. The van der Waals surface area contributed by atoms with Gasteiger partial charge in [-0.1, -0.05) is 0 Å². The molecule has 0 unspecified atom stereocenters. The Labute approximate surface area is 125 Å². The molecule has 3 heterocycles. The van der Waals surface area contributed by atoms with Gasteiger partial charge in [0.2, 0.25) is 5.95 Å². The molecule has 3 rings (SSSR count). The van der Waals surface area contributed by atoms with Crippen LogP contribution in [0.15, 0.2) is 6.07 Å². The van der Waals surface area contributed by atoms with E-state index in [4.69, 9.17) is 9.72 Å². The van der Waals surface area contributed by atoms with Gasteiger partial charge in [0.1, 0.15) is 5.82 Å². The van der Waals surface area contributed by atoms with Gasteiger partial charge in [-0.3, -0.25) is 0 Å². The van der Waals surface area contributed by atoms with Crippen molar-refractivity contribution in [2.75, 3.05) is 49.2 Å². The smallest absolute Gasteiger partial charge is 0.227 e. The van der Waals surface area contributed by atoms with Gasteiger partial charge in [0, 0.05) is 37.9 Å². The average molecular weight is 292 g/mol. The summed E-state index contributed by atoms with van der Waals surface area (Å²) in [4.78, 5) is 13.8. The number of aryl methyl sites for hydroxylation is 1. The molecule has 2 aliphatic rings. The number of nitrogens with zero attached hydrogens (tertiary/aromatic N) is 4. The lowest BCUT2D eigenvalue weighted by molar-refractivity contribution is 0.122. The quantitative estimate of drug-likeness (QED) is 0.876. The standard InChI is InChI=1S/C15H24N4O2/c1-12-11-14(18-5-2-3-13(20)4-6-18)17-15(16-12)19-7-9-21-10-8-19/h11,13,20H,2-10H2,1H3/t13-/m1/s1. The number of aromatic nitrogens is 2. The van der Waals surface area contributed by atoms with Gasteiger partial charge in [-0.2, -0.15) is 4.98 Å². The first-order valence-corrected chi connectivity index (χ1v) is 7.84. The Morgan fingerprint density at radius 1 is 1.10 bits per heavy atom. The lowest BCUT2D eigenvalue weighted by Crippen LogP contribution is -2.38. The average Bonchev–Trinajstić information content (AvgIpc) is 2.72. The molecule has 6 nitrogen and oxygen atoms in total. The molecule has 0 aromatic carbocycles. The van der Waals surface area contributed by atoms with Gasteiger partial charge >= 0.3 is 0 Å². The van der Waals surface area contributed by atoms with Crippen LogP contribution in [0.1, 0.15) is 25.0 Å². The van der Waals surface area contributed by atoms with Crippen LogP contribution < -0.4 is 9.80 Å². The van der Waals surface area contributed by atoms with Gasteiger partial charge in [0.05, 0.1) is 19.3 Å². The van der Waals surface area contributed by atoms with E-state index in [1.807, 2.05) is 13.0 Å². The summed E-state index contributed by atoms with van der Waals surface area (Å²) < 4.78 is 5.39. The summed E-state index contributed by atoms with van der Waals surface area (Å²) in [6, 6.07) is 2.04. The van der Waals surface area contributed by atoms with Crippen molar-refractivity contribution in [3.05, 3.63) is 11.8 Å².